The van der Waals surface area contributed by atoms with E-state index in [1.54, 1.807) is 4.57 Å². The lowest BCUT2D eigenvalue weighted by Crippen LogP contribution is -2.33. The number of carbonyl (C=O) groups excluding carboxylic acids is 1. The van der Waals surface area contributed by atoms with E-state index in [4.69, 9.17) is 17.0 Å². The Balaban J connectivity index is 1.79. The maximum absolute atomic E-state index is 12.9. The summed E-state index contributed by atoms with van der Waals surface area (Å²) in [6.07, 6.45) is 3.63. The first-order valence-electron chi connectivity index (χ1n) is 9.48. The molecule has 0 aliphatic heterocycles. The molecule has 2 aromatic rings. The van der Waals surface area contributed by atoms with Crippen LogP contribution in [0.15, 0.2) is 23.1 Å². The van der Waals surface area contributed by atoms with Gasteiger partial charge >= 0.3 is 0 Å². The molecule has 3 N–H and O–H groups in total. The molecule has 29 heavy (non-hydrogen) atoms. The Morgan fingerprint density at radius 2 is 2.10 bits per heavy atom. The molecule has 3 rings (SSSR count). The van der Waals surface area contributed by atoms with E-state index in [0.717, 1.165) is 25.7 Å². The lowest BCUT2D eigenvalue weighted by atomic mass is 10.2. The van der Waals surface area contributed by atoms with Gasteiger partial charge < -0.3 is 14.6 Å². The molecular weight excluding hydrogens is 414 g/mol. The fourth-order valence-electron chi connectivity index (χ4n) is 3.43. The van der Waals surface area contributed by atoms with Gasteiger partial charge in [-0.3, -0.25) is 9.89 Å². The Hall–Kier alpha value is -2.24. The third-order valence-electron chi connectivity index (χ3n) is 4.95. The number of H-pyrrole nitrogens is 1. The molecule has 1 heterocycles. The SMILES string of the molecule is CCn1c(CNC(=O)c2ccc(OC)c(S(=O)(=O)NC3CCCC3)c2)n[nH]c1=S. The quantitative estimate of drug-likeness (QED) is 0.542. The lowest BCUT2D eigenvalue weighted by Gasteiger charge is -2.15. The molecule has 1 aromatic heterocycles. The minimum atomic E-state index is -3.81. The molecule has 1 aliphatic rings. The Morgan fingerprint density at radius 1 is 1.38 bits per heavy atom. The largest absolute Gasteiger partial charge is 0.495 e. The van der Waals surface area contributed by atoms with Crippen LogP contribution in [0.2, 0.25) is 0 Å². The third-order valence-corrected chi connectivity index (χ3v) is 6.81. The van der Waals surface area contributed by atoms with Crippen LogP contribution < -0.4 is 14.8 Å². The van der Waals surface area contributed by atoms with Crippen molar-refractivity contribution in [2.45, 2.75) is 56.6 Å². The molecule has 0 unspecified atom stereocenters. The first-order chi connectivity index (χ1) is 13.9. The molecule has 0 saturated heterocycles. The summed E-state index contributed by atoms with van der Waals surface area (Å²) in [5.74, 6) is 0.371. The van der Waals surface area contributed by atoms with Crippen molar-refractivity contribution < 1.29 is 17.9 Å². The summed E-state index contributed by atoms with van der Waals surface area (Å²) in [6, 6.07) is 4.27. The van der Waals surface area contributed by atoms with Crippen molar-refractivity contribution in [1.29, 1.82) is 0 Å². The number of hydrogen-bond acceptors (Lipinski definition) is 6. The van der Waals surface area contributed by atoms with Crippen molar-refractivity contribution >= 4 is 28.1 Å². The number of nitrogens with one attached hydrogen (secondary N) is 3. The fraction of sp³-hybridized carbons (Fsp3) is 0.500. The van der Waals surface area contributed by atoms with Crippen LogP contribution in [0.3, 0.4) is 0 Å². The van der Waals surface area contributed by atoms with Crippen molar-refractivity contribution in [3.63, 3.8) is 0 Å². The van der Waals surface area contributed by atoms with Gasteiger partial charge in [-0.25, -0.2) is 13.1 Å². The highest BCUT2D eigenvalue weighted by atomic mass is 32.2. The Morgan fingerprint density at radius 3 is 2.76 bits per heavy atom. The average molecular weight is 440 g/mol. The van der Waals surface area contributed by atoms with Gasteiger partial charge in [0.25, 0.3) is 5.91 Å². The molecule has 1 amide bonds. The fourth-order valence-corrected chi connectivity index (χ4v) is 5.21. The maximum Gasteiger partial charge on any atom is 0.251 e. The molecular formula is C18H25N5O4S2. The summed E-state index contributed by atoms with van der Waals surface area (Å²) in [4.78, 5) is 12.6. The number of ether oxygens (including phenoxy) is 1. The van der Waals surface area contributed by atoms with Crippen LogP contribution in [-0.2, 0) is 23.1 Å². The summed E-state index contributed by atoms with van der Waals surface area (Å²) < 4.78 is 35.9. The minimum Gasteiger partial charge on any atom is -0.495 e. The third kappa shape index (κ3) is 4.85. The molecule has 1 saturated carbocycles. The van der Waals surface area contributed by atoms with E-state index in [1.807, 2.05) is 6.92 Å². The number of aromatic nitrogens is 3. The highest BCUT2D eigenvalue weighted by Crippen LogP contribution is 2.27. The van der Waals surface area contributed by atoms with Crippen molar-refractivity contribution in [3.05, 3.63) is 34.4 Å². The molecule has 1 fully saturated rings. The molecule has 1 aliphatic carbocycles. The van der Waals surface area contributed by atoms with Crippen molar-refractivity contribution in [2.75, 3.05) is 7.11 Å². The van der Waals surface area contributed by atoms with Gasteiger partial charge in [-0.05, 0) is 50.2 Å². The predicted molar refractivity (Wildman–Crippen MR) is 110 cm³/mol. The summed E-state index contributed by atoms with van der Waals surface area (Å²) in [5.41, 5.74) is 0.217. The second-order valence-electron chi connectivity index (χ2n) is 6.84. The van der Waals surface area contributed by atoms with Crippen LogP contribution in [0.25, 0.3) is 0 Å². The van der Waals surface area contributed by atoms with Gasteiger partial charge in [0.15, 0.2) is 10.6 Å². The Bertz CT molecular complexity index is 1040. The van der Waals surface area contributed by atoms with Gasteiger partial charge in [0.05, 0.1) is 13.7 Å². The van der Waals surface area contributed by atoms with E-state index >= 15 is 0 Å². The molecule has 0 bridgehead atoms. The van der Waals surface area contributed by atoms with Crippen LogP contribution in [0.1, 0.15) is 48.8 Å². The van der Waals surface area contributed by atoms with Gasteiger partial charge in [-0.2, -0.15) is 5.10 Å². The minimum absolute atomic E-state index is 0.0456. The van der Waals surface area contributed by atoms with Gasteiger partial charge in [0, 0.05) is 18.2 Å². The zero-order chi connectivity index (χ0) is 21.0. The molecule has 1 aromatic carbocycles. The number of nitrogens with zero attached hydrogens (tertiary/aromatic N) is 2. The summed E-state index contributed by atoms with van der Waals surface area (Å²) in [5, 5.41) is 9.54. The standard InChI is InChI=1S/C18H25N5O4S2/c1-3-23-16(20-21-18(23)28)11-19-17(24)12-8-9-14(27-2)15(10-12)29(25,26)22-13-6-4-5-7-13/h8-10,13,22H,3-7,11H2,1-2H3,(H,19,24)(H,21,28). The normalized spacial score (nSPS) is 14.8. The van der Waals surface area contributed by atoms with E-state index in [9.17, 15) is 13.2 Å². The van der Waals surface area contributed by atoms with Crippen molar-refractivity contribution in [1.82, 2.24) is 24.8 Å². The smallest absolute Gasteiger partial charge is 0.251 e. The monoisotopic (exact) mass is 439 g/mol. The number of carbonyl (C=O) groups is 1. The van der Waals surface area contributed by atoms with Gasteiger partial charge in [-0.1, -0.05) is 12.8 Å². The average Bonchev–Trinajstić information content (AvgIpc) is 3.34. The highest BCUT2D eigenvalue weighted by molar-refractivity contribution is 7.89. The zero-order valence-electron chi connectivity index (χ0n) is 16.4. The van der Waals surface area contributed by atoms with E-state index in [-0.39, 0.29) is 28.8 Å². The Labute approximate surface area is 174 Å². The van der Waals surface area contributed by atoms with Crippen LogP contribution in [0.4, 0.5) is 0 Å². The highest BCUT2D eigenvalue weighted by Gasteiger charge is 2.26. The van der Waals surface area contributed by atoms with Crippen LogP contribution >= 0.6 is 12.2 Å². The van der Waals surface area contributed by atoms with E-state index in [2.05, 4.69) is 20.2 Å². The number of hydrogen-bond donors (Lipinski definition) is 3. The van der Waals surface area contributed by atoms with Crippen LogP contribution in [-0.4, -0.2) is 42.2 Å². The summed E-state index contributed by atoms with van der Waals surface area (Å²) in [6.45, 7) is 2.71. The molecule has 158 valence electrons. The first kappa shape index (κ1) is 21.5. The Kier molecular flexibility index (Phi) is 6.70. The topological polar surface area (TPSA) is 118 Å². The van der Waals surface area contributed by atoms with Gasteiger partial charge in [0.2, 0.25) is 10.0 Å². The van der Waals surface area contributed by atoms with Gasteiger partial charge in [0.1, 0.15) is 10.6 Å². The number of methoxy groups -OCH3 is 1. The second kappa shape index (κ2) is 9.06. The number of benzene rings is 1. The van der Waals surface area contributed by atoms with Crippen molar-refractivity contribution in [3.8, 4) is 5.75 Å². The maximum atomic E-state index is 12.9. The van der Waals surface area contributed by atoms with Crippen LogP contribution in [0.5, 0.6) is 5.75 Å². The molecule has 0 spiro atoms. The molecule has 9 nitrogen and oxygen atoms in total. The molecule has 0 atom stereocenters. The zero-order valence-corrected chi connectivity index (χ0v) is 18.0. The second-order valence-corrected chi connectivity index (χ2v) is 8.91. The molecule has 11 heteroatoms. The number of amides is 1. The first-order valence-corrected chi connectivity index (χ1v) is 11.4. The number of sulfonamides is 1. The van der Waals surface area contributed by atoms with Crippen LogP contribution in [0, 0.1) is 4.77 Å². The predicted octanol–water partition coefficient (Wildman–Crippen LogP) is 2.12. The lowest BCUT2D eigenvalue weighted by molar-refractivity contribution is 0.0949. The number of aromatic amines is 1. The van der Waals surface area contributed by atoms with E-state index in [0.29, 0.717) is 17.1 Å². The molecule has 0 radical (unpaired) electrons. The summed E-state index contributed by atoms with van der Waals surface area (Å²) >= 11 is 5.13. The summed E-state index contributed by atoms with van der Waals surface area (Å²) in [7, 11) is -2.41. The van der Waals surface area contributed by atoms with Crippen molar-refractivity contribution in [2.24, 2.45) is 0 Å². The van der Waals surface area contributed by atoms with E-state index < -0.39 is 15.9 Å². The van der Waals surface area contributed by atoms with E-state index in [1.165, 1.54) is 25.3 Å². The van der Waals surface area contributed by atoms with Gasteiger partial charge in [-0.15, -0.1) is 0 Å². The number of rotatable bonds is 8.